The first kappa shape index (κ1) is 19.9. The number of nitrogens with zero attached hydrogens (tertiary/aromatic N) is 2. The van der Waals surface area contributed by atoms with E-state index in [2.05, 4.69) is 21.2 Å². The van der Waals surface area contributed by atoms with Crippen LogP contribution in [0.4, 0.5) is 5.69 Å². The molecule has 0 aliphatic carbocycles. The van der Waals surface area contributed by atoms with E-state index >= 15 is 0 Å². The molecule has 1 saturated heterocycles. The standard InChI is InChI=1S/C16H22BrN3O4S/c1-19(2)8-9-20(14-7-10-25(23,24)11-14)16(22)15(21)18-13-5-3-12(17)4-6-13/h3-6,14H,7-11H2,1-2H3,(H,18,21). The summed E-state index contributed by atoms with van der Waals surface area (Å²) in [5, 5.41) is 2.57. The number of halogens is 1. The summed E-state index contributed by atoms with van der Waals surface area (Å²) in [6.45, 7) is 0.855. The minimum Gasteiger partial charge on any atom is -0.329 e. The van der Waals surface area contributed by atoms with Crippen molar-refractivity contribution in [1.29, 1.82) is 0 Å². The van der Waals surface area contributed by atoms with Crippen molar-refractivity contribution in [3.05, 3.63) is 28.7 Å². The van der Waals surface area contributed by atoms with Gasteiger partial charge in [0.2, 0.25) is 0 Å². The number of benzene rings is 1. The van der Waals surface area contributed by atoms with Gasteiger partial charge in [0.1, 0.15) is 0 Å². The molecular weight excluding hydrogens is 410 g/mol. The third-order valence-electron chi connectivity index (χ3n) is 3.99. The van der Waals surface area contributed by atoms with E-state index in [0.717, 1.165) is 4.47 Å². The first-order valence-electron chi connectivity index (χ1n) is 7.90. The first-order chi connectivity index (χ1) is 11.7. The molecule has 0 spiro atoms. The maximum atomic E-state index is 12.6. The van der Waals surface area contributed by atoms with Crippen molar-refractivity contribution in [2.75, 3.05) is 44.0 Å². The second-order valence-corrected chi connectivity index (χ2v) is 9.46. The molecule has 1 fully saturated rings. The summed E-state index contributed by atoms with van der Waals surface area (Å²) in [7, 11) is 0.568. The van der Waals surface area contributed by atoms with Crippen molar-refractivity contribution in [3.63, 3.8) is 0 Å². The van der Waals surface area contributed by atoms with E-state index < -0.39 is 27.7 Å². The van der Waals surface area contributed by atoms with E-state index in [1.54, 1.807) is 24.3 Å². The second kappa shape index (κ2) is 8.29. The monoisotopic (exact) mass is 431 g/mol. The Hall–Kier alpha value is -1.45. The number of sulfone groups is 1. The number of hydrogen-bond acceptors (Lipinski definition) is 5. The Balaban J connectivity index is 2.10. The molecule has 1 aromatic rings. The Labute approximate surface area is 156 Å². The topological polar surface area (TPSA) is 86.8 Å². The maximum Gasteiger partial charge on any atom is 0.313 e. The van der Waals surface area contributed by atoms with Crippen LogP contribution in [-0.4, -0.2) is 74.8 Å². The molecule has 9 heteroatoms. The Morgan fingerprint density at radius 2 is 1.84 bits per heavy atom. The molecule has 1 N–H and O–H groups in total. The van der Waals surface area contributed by atoms with Crippen LogP contribution in [0.3, 0.4) is 0 Å². The van der Waals surface area contributed by atoms with Crippen molar-refractivity contribution in [3.8, 4) is 0 Å². The molecule has 0 bridgehead atoms. The van der Waals surface area contributed by atoms with Gasteiger partial charge in [-0.25, -0.2) is 8.42 Å². The summed E-state index contributed by atoms with van der Waals surface area (Å²) < 4.78 is 24.4. The first-order valence-corrected chi connectivity index (χ1v) is 10.5. The fraction of sp³-hybridized carbons (Fsp3) is 0.500. The molecule has 1 atom stereocenters. The van der Waals surface area contributed by atoms with Gasteiger partial charge in [-0.3, -0.25) is 9.59 Å². The average Bonchev–Trinajstić information content (AvgIpc) is 2.89. The predicted molar refractivity (Wildman–Crippen MR) is 100 cm³/mol. The zero-order chi connectivity index (χ0) is 18.6. The second-order valence-electron chi connectivity index (χ2n) is 6.32. The average molecular weight is 432 g/mol. The lowest BCUT2D eigenvalue weighted by molar-refractivity contribution is -0.144. The highest BCUT2D eigenvalue weighted by atomic mass is 79.9. The third-order valence-corrected chi connectivity index (χ3v) is 6.27. The molecule has 1 heterocycles. The van der Waals surface area contributed by atoms with E-state index in [4.69, 9.17) is 0 Å². The molecule has 138 valence electrons. The molecule has 2 rings (SSSR count). The third kappa shape index (κ3) is 5.79. The zero-order valence-electron chi connectivity index (χ0n) is 14.2. The van der Waals surface area contributed by atoms with E-state index in [-0.39, 0.29) is 11.5 Å². The van der Waals surface area contributed by atoms with Gasteiger partial charge in [-0.05, 0) is 44.8 Å². The van der Waals surface area contributed by atoms with Gasteiger partial charge in [-0.1, -0.05) is 15.9 Å². The quantitative estimate of drug-likeness (QED) is 0.701. The number of amides is 2. The van der Waals surface area contributed by atoms with Crippen LogP contribution in [0.25, 0.3) is 0 Å². The van der Waals surface area contributed by atoms with Crippen LogP contribution < -0.4 is 5.32 Å². The van der Waals surface area contributed by atoms with Crippen LogP contribution in [0.2, 0.25) is 0 Å². The number of nitrogens with one attached hydrogen (secondary N) is 1. The lowest BCUT2D eigenvalue weighted by Crippen LogP contribution is -2.48. The van der Waals surface area contributed by atoms with Gasteiger partial charge in [-0.15, -0.1) is 0 Å². The SMILES string of the molecule is CN(C)CCN(C(=O)C(=O)Nc1ccc(Br)cc1)C1CCS(=O)(=O)C1. The predicted octanol–water partition coefficient (Wildman–Crippen LogP) is 0.965. The number of carbonyl (C=O) groups excluding carboxylic acids is 2. The van der Waals surface area contributed by atoms with E-state index in [1.807, 2.05) is 19.0 Å². The largest absolute Gasteiger partial charge is 0.329 e. The molecule has 1 aliphatic rings. The molecule has 1 unspecified atom stereocenters. The summed E-state index contributed by atoms with van der Waals surface area (Å²) in [5.74, 6) is -1.49. The molecule has 25 heavy (non-hydrogen) atoms. The Morgan fingerprint density at radius 3 is 2.36 bits per heavy atom. The van der Waals surface area contributed by atoms with Crippen LogP contribution in [0.1, 0.15) is 6.42 Å². The zero-order valence-corrected chi connectivity index (χ0v) is 16.6. The fourth-order valence-electron chi connectivity index (χ4n) is 2.63. The van der Waals surface area contributed by atoms with Crippen LogP contribution in [0.15, 0.2) is 28.7 Å². The highest BCUT2D eigenvalue weighted by Gasteiger charge is 2.36. The highest BCUT2D eigenvalue weighted by Crippen LogP contribution is 2.19. The van der Waals surface area contributed by atoms with E-state index in [9.17, 15) is 18.0 Å². The van der Waals surface area contributed by atoms with Gasteiger partial charge in [0.25, 0.3) is 0 Å². The minimum absolute atomic E-state index is 0.0533. The number of anilines is 1. The fourth-order valence-corrected chi connectivity index (χ4v) is 4.62. The number of carbonyl (C=O) groups is 2. The Kier molecular flexibility index (Phi) is 6.59. The Morgan fingerprint density at radius 1 is 1.20 bits per heavy atom. The number of rotatable bonds is 5. The summed E-state index contributed by atoms with van der Waals surface area (Å²) in [4.78, 5) is 28.2. The highest BCUT2D eigenvalue weighted by molar-refractivity contribution is 9.10. The normalized spacial score (nSPS) is 19.0. The molecule has 7 nitrogen and oxygen atoms in total. The summed E-state index contributed by atoms with van der Waals surface area (Å²) in [5.41, 5.74) is 0.508. The summed E-state index contributed by atoms with van der Waals surface area (Å²) in [6, 6.07) is 6.42. The lowest BCUT2D eigenvalue weighted by Gasteiger charge is -2.28. The van der Waals surface area contributed by atoms with Crippen molar-refractivity contribution >= 4 is 43.3 Å². The van der Waals surface area contributed by atoms with Crippen molar-refractivity contribution in [1.82, 2.24) is 9.80 Å². The summed E-state index contributed by atoms with van der Waals surface area (Å²) >= 11 is 3.30. The maximum absolute atomic E-state index is 12.6. The van der Waals surface area contributed by atoms with Gasteiger partial charge in [0.05, 0.1) is 11.5 Å². The molecule has 1 aromatic carbocycles. The van der Waals surface area contributed by atoms with Crippen molar-refractivity contribution < 1.29 is 18.0 Å². The van der Waals surface area contributed by atoms with E-state index in [0.29, 0.717) is 25.2 Å². The van der Waals surface area contributed by atoms with Gasteiger partial charge in [0.15, 0.2) is 9.84 Å². The Bertz CT molecular complexity index is 734. The van der Waals surface area contributed by atoms with Gasteiger partial charge in [-0.2, -0.15) is 0 Å². The minimum atomic E-state index is -3.15. The van der Waals surface area contributed by atoms with E-state index in [1.165, 1.54) is 4.90 Å². The molecule has 1 aliphatic heterocycles. The van der Waals surface area contributed by atoms with Crippen molar-refractivity contribution in [2.45, 2.75) is 12.5 Å². The van der Waals surface area contributed by atoms with Crippen LogP contribution >= 0.6 is 15.9 Å². The van der Waals surface area contributed by atoms with Crippen LogP contribution in [0, 0.1) is 0 Å². The van der Waals surface area contributed by atoms with Crippen LogP contribution in [-0.2, 0) is 19.4 Å². The molecular formula is C16H22BrN3O4S. The molecule has 0 radical (unpaired) electrons. The molecule has 0 aromatic heterocycles. The summed E-state index contributed by atoms with van der Waals surface area (Å²) in [6.07, 6.45) is 0.368. The van der Waals surface area contributed by atoms with Gasteiger partial charge >= 0.3 is 11.8 Å². The van der Waals surface area contributed by atoms with Crippen molar-refractivity contribution in [2.24, 2.45) is 0 Å². The molecule has 2 amide bonds. The molecule has 0 saturated carbocycles. The van der Waals surface area contributed by atoms with Gasteiger partial charge < -0.3 is 15.1 Å². The number of hydrogen-bond donors (Lipinski definition) is 1. The van der Waals surface area contributed by atoms with Gasteiger partial charge in [0, 0.05) is 29.3 Å². The smallest absolute Gasteiger partial charge is 0.313 e. The number of likely N-dealkylation sites (N-methyl/N-ethyl adjacent to an activating group) is 1. The van der Waals surface area contributed by atoms with Crippen LogP contribution in [0.5, 0.6) is 0 Å². The lowest BCUT2D eigenvalue weighted by atomic mass is 10.2.